The molecule has 0 aromatic carbocycles. The number of hydrogen-bond donors (Lipinski definition) is 2. The lowest BCUT2D eigenvalue weighted by Gasteiger charge is -2.30. The molecule has 2 aliphatic carbocycles. The molecule has 0 radical (unpaired) electrons. The second kappa shape index (κ2) is 6.53. The SMILES string of the molecule is NCC1(C(=O)NOC2CCCC2)CCCCCC1. The van der Waals surface area contributed by atoms with Crippen molar-refractivity contribution in [1.29, 1.82) is 0 Å². The molecule has 4 nitrogen and oxygen atoms in total. The minimum Gasteiger partial charge on any atom is -0.329 e. The van der Waals surface area contributed by atoms with Gasteiger partial charge in [0.15, 0.2) is 0 Å². The van der Waals surface area contributed by atoms with Crippen molar-refractivity contribution in [2.75, 3.05) is 6.54 Å². The van der Waals surface area contributed by atoms with Crippen molar-refractivity contribution in [2.45, 2.75) is 70.3 Å². The van der Waals surface area contributed by atoms with E-state index in [0.717, 1.165) is 38.5 Å². The van der Waals surface area contributed by atoms with Crippen LogP contribution in [0, 0.1) is 5.41 Å². The zero-order valence-corrected chi connectivity index (χ0v) is 11.2. The Morgan fingerprint density at radius 1 is 1.11 bits per heavy atom. The van der Waals surface area contributed by atoms with E-state index in [0.29, 0.717) is 6.54 Å². The lowest BCUT2D eigenvalue weighted by atomic mass is 9.80. The highest BCUT2D eigenvalue weighted by Crippen LogP contribution is 2.34. The fourth-order valence-corrected chi connectivity index (χ4v) is 3.18. The van der Waals surface area contributed by atoms with Gasteiger partial charge < -0.3 is 5.73 Å². The van der Waals surface area contributed by atoms with Crippen molar-refractivity contribution in [3.05, 3.63) is 0 Å². The Balaban J connectivity index is 1.86. The maximum Gasteiger partial charge on any atom is 0.251 e. The first kappa shape index (κ1) is 13.8. The second-order valence-corrected chi connectivity index (χ2v) is 5.85. The quantitative estimate of drug-likeness (QED) is 0.597. The summed E-state index contributed by atoms with van der Waals surface area (Å²) in [6.45, 7) is 0.437. The Bertz CT molecular complexity index is 267. The van der Waals surface area contributed by atoms with Crippen LogP contribution in [-0.2, 0) is 9.63 Å². The summed E-state index contributed by atoms with van der Waals surface area (Å²) < 4.78 is 0. The fourth-order valence-electron chi connectivity index (χ4n) is 3.18. The van der Waals surface area contributed by atoms with Gasteiger partial charge in [0.2, 0.25) is 0 Å². The Labute approximate surface area is 110 Å². The Morgan fingerprint density at radius 3 is 2.28 bits per heavy atom. The van der Waals surface area contributed by atoms with Gasteiger partial charge in [-0.1, -0.05) is 38.5 Å². The molecule has 0 atom stereocenters. The van der Waals surface area contributed by atoms with E-state index in [4.69, 9.17) is 10.6 Å². The van der Waals surface area contributed by atoms with Gasteiger partial charge in [-0.25, -0.2) is 5.48 Å². The lowest BCUT2D eigenvalue weighted by molar-refractivity contribution is -0.149. The van der Waals surface area contributed by atoms with E-state index in [2.05, 4.69) is 5.48 Å². The minimum absolute atomic E-state index is 0.0128. The van der Waals surface area contributed by atoms with Gasteiger partial charge >= 0.3 is 0 Å². The van der Waals surface area contributed by atoms with E-state index < -0.39 is 0 Å². The van der Waals surface area contributed by atoms with Gasteiger partial charge in [0, 0.05) is 6.54 Å². The number of hydroxylamine groups is 1. The molecule has 0 aromatic heterocycles. The zero-order valence-electron chi connectivity index (χ0n) is 11.2. The molecule has 0 aromatic rings. The predicted octanol–water partition coefficient (Wildman–Crippen LogP) is 2.28. The van der Waals surface area contributed by atoms with Crippen molar-refractivity contribution in [3.8, 4) is 0 Å². The summed E-state index contributed by atoms with van der Waals surface area (Å²) in [5.41, 5.74) is 8.19. The molecule has 104 valence electrons. The van der Waals surface area contributed by atoms with Crippen molar-refractivity contribution in [3.63, 3.8) is 0 Å². The molecule has 2 rings (SSSR count). The molecule has 0 unspecified atom stereocenters. The van der Waals surface area contributed by atoms with E-state index in [-0.39, 0.29) is 17.4 Å². The topological polar surface area (TPSA) is 64.4 Å². The van der Waals surface area contributed by atoms with Crippen LogP contribution in [0.2, 0.25) is 0 Å². The normalized spacial score (nSPS) is 24.7. The highest BCUT2D eigenvalue weighted by molar-refractivity contribution is 5.82. The van der Waals surface area contributed by atoms with Gasteiger partial charge in [-0.05, 0) is 25.7 Å². The van der Waals surface area contributed by atoms with E-state index >= 15 is 0 Å². The maximum absolute atomic E-state index is 12.3. The summed E-state index contributed by atoms with van der Waals surface area (Å²) in [6, 6.07) is 0. The Kier molecular flexibility index (Phi) is 5.01. The third-order valence-corrected chi connectivity index (χ3v) is 4.55. The molecule has 2 saturated carbocycles. The van der Waals surface area contributed by atoms with Crippen LogP contribution in [0.25, 0.3) is 0 Å². The largest absolute Gasteiger partial charge is 0.329 e. The van der Waals surface area contributed by atoms with E-state index in [9.17, 15) is 4.79 Å². The third kappa shape index (κ3) is 3.23. The number of carbonyl (C=O) groups is 1. The summed E-state index contributed by atoms with van der Waals surface area (Å²) in [7, 11) is 0. The molecule has 2 aliphatic rings. The predicted molar refractivity (Wildman–Crippen MR) is 70.7 cm³/mol. The lowest BCUT2D eigenvalue weighted by Crippen LogP contribution is -2.46. The van der Waals surface area contributed by atoms with Crippen LogP contribution in [0.5, 0.6) is 0 Å². The molecule has 4 heteroatoms. The zero-order chi connectivity index (χ0) is 12.8. The standard InChI is InChI=1S/C14H26N2O2/c15-11-14(9-5-1-2-6-10-14)13(17)16-18-12-7-3-4-8-12/h12H,1-11,15H2,(H,16,17). The van der Waals surface area contributed by atoms with Crippen LogP contribution in [-0.4, -0.2) is 18.6 Å². The van der Waals surface area contributed by atoms with Crippen molar-refractivity contribution < 1.29 is 9.63 Å². The van der Waals surface area contributed by atoms with Crippen LogP contribution in [0.15, 0.2) is 0 Å². The number of amides is 1. The van der Waals surface area contributed by atoms with Crippen LogP contribution in [0.3, 0.4) is 0 Å². The molecule has 0 saturated heterocycles. The number of carbonyl (C=O) groups excluding carboxylic acids is 1. The molecule has 0 spiro atoms. The molecular weight excluding hydrogens is 228 g/mol. The second-order valence-electron chi connectivity index (χ2n) is 5.85. The Hall–Kier alpha value is -0.610. The third-order valence-electron chi connectivity index (χ3n) is 4.55. The summed E-state index contributed by atoms with van der Waals surface area (Å²) in [6.07, 6.45) is 11.2. The molecular formula is C14H26N2O2. The maximum atomic E-state index is 12.3. The summed E-state index contributed by atoms with van der Waals surface area (Å²) in [4.78, 5) is 17.9. The average Bonchev–Trinajstić information content (AvgIpc) is 2.79. The molecule has 0 aliphatic heterocycles. The van der Waals surface area contributed by atoms with Crippen LogP contribution >= 0.6 is 0 Å². The van der Waals surface area contributed by atoms with Crippen molar-refractivity contribution >= 4 is 5.91 Å². The van der Waals surface area contributed by atoms with Gasteiger partial charge in [0.1, 0.15) is 0 Å². The van der Waals surface area contributed by atoms with E-state index in [1.165, 1.54) is 25.7 Å². The van der Waals surface area contributed by atoms with Gasteiger partial charge in [0.25, 0.3) is 5.91 Å². The van der Waals surface area contributed by atoms with Crippen LogP contribution in [0.1, 0.15) is 64.2 Å². The monoisotopic (exact) mass is 254 g/mol. The summed E-state index contributed by atoms with van der Waals surface area (Å²) in [5.74, 6) is 0.0128. The van der Waals surface area contributed by atoms with E-state index in [1.807, 2.05) is 0 Å². The molecule has 0 heterocycles. The van der Waals surface area contributed by atoms with Gasteiger partial charge in [-0.15, -0.1) is 0 Å². The minimum atomic E-state index is -0.380. The molecule has 18 heavy (non-hydrogen) atoms. The van der Waals surface area contributed by atoms with Gasteiger partial charge in [0.05, 0.1) is 11.5 Å². The number of hydrogen-bond acceptors (Lipinski definition) is 3. The first-order valence-electron chi connectivity index (χ1n) is 7.43. The highest BCUT2D eigenvalue weighted by Gasteiger charge is 2.37. The van der Waals surface area contributed by atoms with Crippen molar-refractivity contribution in [2.24, 2.45) is 11.1 Å². The average molecular weight is 254 g/mol. The summed E-state index contributed by atoms with van der Waals surface area (Å²) in [5, 5.41) is 0. The Morgan fingerprint density at radius 2 is 1.72 bits per heavy atom. The molecule has 1 amide bonds. The highest BCUT2D eigenvalue weighted by atomic mass is 16.7. The smallest absolute Gasteiger partial charge is 0.251 e. The number of nitrogens with two attached hydrogens (primary N) is 1. The van der Waals surface area contributed by atoms with Crippen LogP contribution < -0.4 is 11.2 Å². The number of nitrogens with one attached hydrogen (secondary N) is 1. The van der Waals surface area contributed by atoms with Gasteiger partial charge in [-0.2, -0.15) is 0 Å². The molecule has 2 fully saturated rings. The molecule has 3 N–H and O–H groups in total. The molecule has 0 bridgehead atoms. The van der Waals surface area contributed by atoms with Crippen LogP contribution in [0.4, 0.5) is 0 Å². The first-order chi connectivity index (χ1) is 8.77. The number of rotatable bonds is 4. The first-order valence-corrected chi connectivity index (χ1v) is 7.43. The van der Waals surface area contributed by atoms with Gasteiger partial charge in [-0.3, -0.25) is 9.63 Å². The van der Waals surface area contributed by atoms with Crippen molar-refractivity contribution in [1.82, 2.24) is 5.48 Å². The fraction of sp³-hybridized carbons (Fsp3) is 0.929. The van der Waals surface area contributed by atoms with E-state index in [1.54, 1.807) is 0 Å². The summed E-state index contributed by atoms with van der Waals surface area (Å²) >= 11 is 0.